The summed E-state index contributed by atoms with van der Waals surface area (Å²) >= 11 is 1.40. The summed E-state index contributed by atoms with van der Waals surface area (Å²) < 4.78 is 14.3. The molecule has 1 aliphatic rings. The minimum absolute atomic E-state index is 0.122. The number of hydrogen-bond acceptors (Lipinski definition) is 3. The van der Waals surface area contributed by atoms with Gasteiger partial charge < -0.3 is 10.2 Å². The quantitative estimate of drug-likeness (QED) is 0.571. The van der Waals surface area contributed by atoms with E-state index in [1.54, 1.807) is 30.0 Å². The number of rotatable bonds is 6. The molecule has 0 aliphatic carbocycles. The van der Waals surface area contributed by atoms with Crippen molar-refractivity contribution in [3.63, 3.8) is 0 Å². The highest BCUT2D eigenvalue weighted by Crippen LogP contribution is 2.42. The minimum atomic E-state index is -0.588. The first kappa shape index (κ1) is 22.1. The van der Waals surface area contributed by atoms with E-state index in [1.165, 1.54) is 17.8 Å². The van der Waals surface area contributed by atoms with Gasteiger partial charge in [0.25, 0.3) is 0 Å². The maximum atomic E-state index is 14.3. The molecule has 3 aromatic rings. The Morgan fingerprint density at radius 3 is 2.50 bits per heavy atom. The number of thioether (sulfide) groups is 1. The number of amides is 2. The smallest absolute Gasteiger partial charge is 0.241 e. The third kappa shape index (κ3) is 4.70. The third-order valence-electron chi connectivity index (χ3n) is 5.66. The molecule has 0 aromatic heterocycles. The van der Waals surface area contributed by atoms with Crippen LogP contribution in [0.5, 0.6) is 0 Å². The Kier molecular flexibility index (Phi) is 6.61. The van der Waals surface area contributed by atoms with Gasteiger partial charge in [0, 0.05) is 17.0 Å². The van der Waals surface area contributed by atoms with Crippen LogP contribution in [0.4, 0.5) is 10.1 Å². The largest absolute Gasteiger partial charge is 0.352 e. The monoisotopic (exact) mass is 448 g/mol. The first-order valence-corrected chi connectivity index (χ1v) is 11.5. The number of nitrogens with zero attached hydrogens (tertiary/aromatic N) is 1. The van der Waals surface area contributed by atoms with E-state index in [1.807, 2.05) is 55.5 Å². The number of hydrogen-bond donors (Lipinski definition) is 1. The van der Waals surface area contributed by atoms with Gasteiger partial charge in [0.05, 0.1) is 18.2 Å². The van der Waals surface area contributed by atoms with Gasteiger partial charge in [0.15, 0.2) is 0 Å². The molecule has 1 N–H and O–H groups in total. The van der Waals surface area contributed by atoms with Crippen LogP contribution < -0.4 is 10.2 Å². The molecule has 4 nitrogen and oxygen atoms in total. The summed E-state index contributed by atoms with van der Waals surface area (Å²) in [5, 5.41) is 2.36. The molecule has 0 radical (unpaired) electrons. The van der Waals surface area contributed by atoms with Gasteiger partial charge in [0.1, 0.15) is 11.1 Å². The average Bonchev–Trinajstić information content (AvgIpc) is 2.81. The minimum Gasteiger partial charge on any atom is -0.352 e. The van der Waals surface area contributed by atoms with Gasteiger partial charge >= 0.3 is 0 Å². The molecular formula is C26H25FN2O2S. The van der Waals surface area contributed by atoms with Crippen molar-refractivity contribution in [3.05, 3.63) is 95.3 Å². The maximum Gasteiger partial charge on any atom is 0.241 e. The normalized spacial score (nSPS) is 16.4. The van der Waals surface area contributed by atoms with E-state index in [-0.39, 0.29) is 24.2 Å². The number of aryl methyl sites for hydroxylation is 1. The molecule has 0 saturated heterocycles. The summed E-state index contributed by atoms with van der Waals surface area (Å²) in [6.07, 6.45) is 0. The predicted molar refractivity (Wildman–Crippen MR) is 126 cm³/mol. The van der Waals surface area contributed by atoms with E-state index in [0.29, 0.717) is 12.1 Å². The van der Waals surface area contributed by atoms with Gasteiger partial charge in [-0.05, 0) is 30.7 Å². The van der Waals surface area contributed by atoms with Crippen LogP contribution in [0.3, 0.4) is 0 Å². The second-order valence-electron chi connectivity index (χ2n) is 8.01. The van der Waals surface area contributed by atoms with E-state index >= 15 is 0 Å². The van der Waals surface area contributed by atoms with Gasteiger partial charge in [-0.1, -0.05) is 67.1 Å². The number of carbonyl (C=O) groups excluding carboxylic acids is 2. The number of anilines is 1. The predicted octanol–water partition coefficient (Wildman–Crippen LogP) is 5.09. The third-order valence-corrected chi connectivity index (χ3v) is 7.12. The van der Waals surface area contributed by atoms with Gasteiger partial charge in [-0.2, -0.15) is 0 Å². The van der Waals surface area contributed by atoms with Gasteiger partial charge in [-0.15, -0.1) is 11.8 Å². The van der Waals surface area contributed by atoms with Crippen molar-refractivity contribution < 1.29 is 14.0 Å². The Hall–Kier alpha value is -3.12. The SMILES string of the molecule is Cc1ccc(CNC(=O)C(C)C2Sc3ccccc3N(Cc3ccccc3F)C2=O)cc1. The molecular weight excluding hydrogens is 423 g/mol. The molecule has 6 heteroatoms. The van der Waals surface area contributed by atoms with E-state index < -0.39 is 11.2 Å². The molecule has 2 unspecified atom stereocenters. The molecule has 1 heterocycles. The van der Waals surface area contributed by atoms with Crippen LogP contribution >= 0.6 is 11.8 Å². The fraction of sp³-hybridized carbons (Fsp3) is 0.231. The number of fused-ring (bicyclic) bond motifs is 1. The van der Waals surface area contributed by atoms with Crippen LogP contribution in [0, 0.1) is 18.7 Å². The zero-order valence-corrected chi connectivity index (χ0v) is 18.9. The van der Waals surface area contributed by atoms with Crippen LogP contribution in [0.2, 0.25) is 0 Å². The Bertz CT molecular complexity index is 1130. The molecule has 2 amide bonds. The second kappa shape index (κ2) is 9.57. The first-order valence-electron chi connectivity index (χ1n) is 10.6. The number of benzene rings is 3. The van der Waals surface area contributed by atoms with Crippen LogP contribution in [-0.4, -0.2) is 17.1 Å². The fourth-order valence-corrected chi connectivity index (χ4v) is 4.99. The van der Waals surface area contributed by atoms with Crippen LogP contribution in [-0.2, 0) is 22.7 Å². The summed E-state index contributed by atoms with van der Waals surface area (Å²) in [6, 6.07) is 22.0. The Morgan fingerprint density at radius 1 is 1.06 bits per heavy atom. The van der Waals surface area contributed by atoms with Crippen molar-refractivity contribution >= 4 is 29.3 Å². The lowest BCUT2D eigenvalue weighted by atomic mass is 10.0. The summed E-state index contributed by atoms with van der Waals surface area (Å²) in [5.74, 6) is -1.26. The number of nitrogens with one attached hydrogen (secondary N) is 1. The topological polar surface area (TPSA) is 49.4 Å². The van der Waals surface area contributed by atoms with Crippen molar-refractivity contribution in [2.45, 2.75) is 37.1 Å². The van der Waals surface area contributed by atoms with Gasteiger partial charge in [-0.25, -0.2) is 4.39 Å². The highest BCUT2D eigenvalue weighted by atomic mass is 32.2. The van der Waals surface area contributed by atoms with Gasteiger partial charge in [0.2, 0.25) is 11.8 Å². The fourth-order valence-electron chi connectivity index (χ4n) is 3.71. The molecule has 32 heavy (non-hydrogen) atoms. The lowest BCUT2D eigenvalue weighted by Gasteiger charge is -2.35. The average molecular weight is 449 g/mol. The van der Waals surface area contributed by atoms with E-state index in [2.05, 4.69) is 5.32 Å². The van der Waals surface area contributed by atoms with Crippen LogP contribution in [0.15, 0.2) is 77.7 Å². The molecule has 0 spiro atoms. The highest BCUT2D eigenvalue weighted by Gasteiger charge is 2.39. The van der Waals surface area contributed by atoms with Crippen molar-refractivity contribution in [2.75, 3.05) is 4.90 Å². The lowest BCUT2D eigenvalue weighted by molar-refractivity contribution is -0.128. The Balaban J connectivity index is 1.53. The number of para-hydroxylation sites is 1. The molecule has 4 rings (SSSR count). The van der Waals surface area contributed by atoms with E-state index in [0.717, 1.165) is 21.7 Å². The second-order valence-corrected chi connectivity index (χ2v) is 9.20. The standard InChI is InChI=1S/C26H25FN2O2S/c1-17-11-13-19(14-12-17)15-28-25(30)18(2)24-26(31)29(16-20-7-3-4-8-21(20)27)22-9-5-6-10-23(22)32-24/h3-14,18,24H,15-16H2,1-2H3,(H,28,30). The van der Waals surface area contributed by atoms with Gasteiger partial charge in [-0.3, -0.25) is 9.59 Å². The summed E-state index contributed by atoms with van der Waals surface area (Å²) in [6.45, 7) is 4.32. The zero-order valence-electron chi connectivity index (χ0n) is 18.0. The molecule has 2 atom stereocenters. The molecule has 3 aromatic carbocycles. The molecule has 1 aliphatic heterocycles. The molecule has 0 fully saturated rings. The number of halogens is 1. The molecule has 0 bridgehead atoms. The Morgan fingerprint density at radius 2 is 1.75 bits per heavy atom. The van der Waals surface area contributed by atoms with Crippen molar-refractivity contribution in [3.8, 4) is 0 Å². The first-order chi connectivity index (χ1) is 15.4. The van der Waals surface area contributed by atoms with Crippen molar-refractivity contribution in [2.24, 2.45) is 5.92 Å². The highest BCUT2D eigenvalue weighted by molar-refractivity contribution is 8.01. The van der Waals surface area contributed by atoms with E-state index in [9.17, 15) is 14.0 Å². The van der Waals surface area contributed by atoms with Crippen molar-refractivity contribution in [1.82, 2.24) is 5.32 Å². The maximum absolute atomic E-state index is 14.3. The Labute approximate surface area is 191 Å². The van der Waals surface area contributed by atoms with Crippen LogP contribution in [0.1, 0.15) is 23.6 Å². The van der Waals surface area contributed by atoms with E-state index in [4.69, 9.17) is 0 Å². The summed E-state index contributed by atoms with van der Waals surface area (Å²) in [4.78, 5) is 28.9. The summed E-state index contributed by atoms with van der Waals surface area (Å²) in [5.41, 5.74) is 3.35. The molecule has 164 valence electrons. The lowest BCUT2D eigenvalue weighted by Crippen LogP contribution is -2.47. The number of carbonyl (C=O) groups is 2. The summed E-state index contributed by atoms with van der Waals surface area (Å²) in [7, 11) is 0. The zero-order chi connectivity index (χ0) is 22.7. The van der Waals surface area contributed by atoms with Crippen molar-refractivity contribution in [1.29, 1.82) is 0 Å². The van der Waals surface area contributed by atoms with Crippen LogP contribution in [0.25, 0.3) is 0 Å². The molecule has 0 saturated carbocycles.